The van der Waals surface area contributed by atoms with Crippen LogP contribution in [-0.2, 0) is 0 Å². The Morgan fingerprint density at radius 3 is 2.64 bits per heavy atom. The van der Waals surface area contributed by atoms with E-state index >= 15 is 0 Å². The molecule has 1 saturated heterocycles. The summed E-state index contributed by atoms with van der Waals surface area (Å²) < 4.78 is 0. The summed E-state index contributed by atoms with van der Waals surface area (Å²) in [6.07, 6.45) is 3.22. The van der Waals surface area contributed by atoms with E-state index in [1.165, 1.54) is 0 Å². The summed E-state index contributed by atoms with van der Waals surface area (Å²) in [6, 6.07) is 2.03. The van der Waals surface area contributed by atoms with Crippen LogP contribution in [0.1, 0.15) is 20.8 Å². The molecule has 1 fully saturated rings. The van der Waals surface area contributed by atoms with Crippen LogP contribution >= 0.6 is 0 Å². The van der Waals surface area contributed by atoms with Gasteiger partial charge in [0, 0.05) is 38.9 Å². The summed E-state index contributed by atoms with van der Waals surface area (Å²) in [6.45, 7) is 10.7. The Hall–Kier alpha value is -1.66. The standard InChI is InChI=1S/C16H25N5O/c1-16(2,3)13(22)10-20-6-8-21(9-7-20)15-12-4-5-17-14(12)18-11-19-15/h4-5,11,13,22H,6-10H2,1-3H3,(H,17,18,19). The van der Waals surface area contributed by atoms with E-state index in [0.29, 0.717) is 0 Å². The summed E-state index contributed by atoms with van der Waals surface area (Å²) in [5.41, 5.74) is 0.816. The predicted molar refractivity (Wildman–Crippen MR) is 88.0 cm³/mol. The molecule has 0 aromatic carbocycles. The fourth-order valence-electron chi connectivity index (χ4n) is 2.77. The minimum Gasteiger partial charge on any atom is -0.391 e. The number of hydrogen-bond acceptors (Lipinski definition) is 5. The van der Waals surface area contributed by atoms with Crippen molar-refractivity contribution < 1.29 is 5.11 Å². The van der Waals surface area contributed by atoms with Crippen LogP contribution in [0.15, 0.2) is 18.6 Å². The van der Waals surface area contributed by atoms with E-state index in [0.717, 1.165) is 49.6 Å². The number of rotatable bonds is 3. The molecule has 1 unspecified atom stereocenters. The van der Waals surface area contributed by atoms with Gasteiger partial charge in [-0.25, -0.2) is 9.97 Å². The Morgan fingerprint density at radius 2 is 1.95 bits per heavy atom. The molecule has 1 aliphatic heterocycles. The van der Waals surface area contributed by atoms with Gasteiger partial charge in [0.15, 0.2) is 0 Å². The SMILES string of the molecule is CC(C)(C)C(O)CN1CCN(c2ncnc3[nH]ccc23)CC1. The molecule has 22 heavy (non-hydrogen) atoms. The third-order valence-corrected chi connectivity index (χ3v) is 4.44. The number of aliphatic hydroxyl groups excluding tert-OH is 1. The van der Waals surface area contributed by atoms with Crippen LogP contribution in [0.4, 0.5) is 5.82 Å². The number of hydrogen-bond donors (Lipinski definition) is 2. The third kappa shape index (κ3) is 3.08. The second-order valence-electron chi connectivity index (χ2n) is 7.11. The first-order chi connectivity index (χ1) is 10.4. The Kier molecular flexibility index (Phi) is 4.06. The van der Waals surface area contributed by atoms with Gasteiger partial charge in [0.2, 0.25) is 0 Å². The van der Waals surface area contributed by atoms with Crippen molar-refractivity contribution in [1.82, 2.24) is 19.9 Å². The van der Waals surface area contributed by atoms with Crippen LogP contribution in [0.3, 0.4) is 0 Å². The molecule has 6 heteroatoms. The number of H-pyrrole nitrogens is 1. The molecule has 1 aliphatic rings. The van der Waals surface area contributed by atoms with Crippen molar-refractivity contribution >= 4 is 16.9 Å². The summed E-state index contributed by atoms with van der Waals surface area (Å²) in [7, 11) is 0. The van der Waals surface area contributed by atoms with Gasteiger partial charge in [-0.1, -0.05) is 20.8 Å². The number of β-amino-alcohol motifs (C(OH)–C–C–N with tert-alkyl or cyclic N) is 1. The molecule has 6 nitrogen and oxygen atoms in total. The van der Waals surface area contributed by atoms with Crippen LogP contribution < -0.4 is 4.90 Å². The van der Waals surface area contributed by atoms with Crippen molar-refractivity contribution in [3.8, 4) is 0 Å². The first-order valence-electron chi connectivity index (χ1n) is 7.88. The number of anilines is 1. The van der Waals surface area contributed by atoms with Crippen LogP contribution in [-0.4, -0.2) is 63.8 Å². The van der Waals surface area contributed by atoms with E-state index in [2.05, 4.69) is 45.5 Å². The van der Waals surface area contributed by atoms with Gasteiger partial charge in [-0.2, -0.15) is 0 Å². The molecule has 0 bridgehead atoms. The lowest BCUT2D eigenvalue weighted by Gasteiger charge is -2.38. The van der Waals surface area contributed by atoms with Gasteiger partial charge in [-0.05, 0) is 11.5 Å². The molecule has 0 saturated carbocycles. The maximum absolute atomic E-state index is 10.3. The summed E-state index contributed by atoms with van der Waals surface area (Å²) >= 11 is 0. The zero-order valence-corrected chi connectivity index (χ0v) is 13.6. The lowest BCUT2D eigenvalue weighted by atomic mass is 9.89. The van der Waals surface area contributed by atoms with Crippen molar-refractivity contribution in [1.29, 1.82) is 0 Å². The smallest absolute Gasteiger partial charge is 0.142 e. The topological polar surface area (TPSA) is 68.3 Å². The van der Waals surface area contributed by atoms with E-state index in [-0.39, 0.29) is 11.5 Å². The minimum atomic E-state index is -0.297. The largest absolute Gasteiger partial charge is 0.391 e. The molecule has 120 valence electrons. The maximum atomic E-state index is 10.3. The van der Waals surface area contributed by atoms with E-state index in [9.17, 15) is 5.11 Å². The average Bonchev–Trinajstić information content (AvgIpc) is 2.95. The quantitative estimate of drug-likeness (QED) is 0.899. The van der Waals surface area contributed by atoms with Crippen molar-refractivity contribution in [2.24, 2.45) is 5.41 Å². The van der Waals surface area contributed by atoms with Crippen LogP contribution in [0.25, 0.3) is 11.0 Å². The number of aliphatic hydroxyl groups is 1. The van der Waals surface area contributed by atoms with Gasteiger partial charge in [-0.3, -0.25) is 4.90 Å². The van der Waals surface area contributed by atoms with E-state index < -0.39 is 0 Å². The van der Waals surface area contributed by atoms with Crippen molar-refractivity contribution in [3.63, 3.8) is 0 Å². The molecule has 0 amide bonds. The molecule has 1 atom stereocenters. The molecule has 0 spiro atoms. The second kappa shape index (κ2) is 5.85. The Labute approximate surface area is 131 Å². The van der Waals surface area contributed by atoms with Gasteiger partial charge in [0.1, 0.15) is 17.8 Å². The number of fused-ring (bicyclic) bond motifs is 1. The molecule has 0 radical (unpaired) electrons. The van der Waals surface area contributed by atoms with Crippen LogP contribution in [0.5, 0.6) is 0 Å². The summed E-state index contributed by atoms with van der Waals surface area (Å²) in [4.78, 5) is 16.5. The Bertz CT molecular complexity index is 625. The highest BCUT2D eigenvalue weighted by Gasteiger charge is 2.27. The molecule has 2 N–H and O–H groups in total. The second-order valence-corrected chi connectivity index (χ2v) is 7.11. The zero-order chi connectivity index (χ0) is 15.7. The van der Waals surface area contributed by atoms with Gasteiger partial charge in [0.25, 0.3) is 0 Å². The Balaban J connectivity index is 1.64. The van der Waals surface area contributed by atoms with E-state index in [1.807, 2.05) is 12.3 Å². The monoisotopic (exact) mass is 303 g/mol. The molecule has 0 aliphatic carbocycles. The first kappa shape index (κ1) is 15.2. The highest BCUT2D eigenvalue weighted by Crippen LogP contribution is 2.24. The van der Waals surface area contributed by atoms with Gasteiger partial charge < -0.3 is 15.0 Å². The highest BCUT2D eigenvalue weighted by molar-refractivity contribution is 5.87. The van der Waals surface area contributed by atoms with Gasteiger partial charge in [0.05, 0.1) is 11.5 Å². The maximum Gasteiger partial charge on any atom is 0.142 e. The molecule has 2 aromatic heterocycles. The molecular weight excluding hydrogens is 278 g/mol. The molecule has 2 aromatic rings. The molecule has 3 rings (SSSR count). The fourth-order valence-corrected chi connectivity index (χ4v) is 2.77. The van der Waals surface area contributed by atoms with E-state index in [4.69, 9.17) is 0 Å². The minimum absolute atomic E-state index is 0.0684. The van der Waals surface area contributed by atoms with Gasteiger partial charge >= 0.3 is 0 Å². The number of nitrogens with zero attached hydrogens (tertiary/aromatic N) is 4. The Morgan fingerprint density at radius 1 is 1.23 bits per heavy atom. The summed E-state index contributed by atoms with van der Waals surface area (Å²) in [5, 5.41) is 11.3. The lowest BCUT2D eigenvalue weighted by Crippen LogP contribution is -2.50. The number of nitrogens with one attached hydrogen (secondary N) is 1. The van der Waals surface area contributed by atoms with Gasteiger partial charge in [-0.15, -0.1) is 0 Å². The van der Waals surface area contributed by atoms with E-state index in [1.54, 1.807) is 6.33 Å². The van der Waals surface area contributed by atoms with Crippen LogP contribution in [0, 0.1) is 5.41 Å². The average molecular weight is 303 g/mol. The number of piperazine rings is 1. The number of aromatic nitrogens is 3. The van der Waals surface area contributed by atoms with Crippen molar-refractivity contribution in [2.75, 3.05) is 37.6 Å². The van der Waals surface area contributed by atoms with Crippen molar-refractivity contribution in [3.05, 3.63) is 18.6 Å². The number of aromatic amines is 1. The highest BCUT2D eigenvalue weighted by atomic mass is 16.3. The lowest BCUT2D eigenvalue weighted by molar-refractivity contribution is 0.0270. The molecular formula is C16H25N5O. The molecule has 3 heterocycles. The zero-order valence-electron chi connectivity index (χ0n) is 13.6. The third-order valence-electron chi connectivity index (χ3n) is 4.44. The van der Waals surface area contributed by atoms with Crippen molar-refractivity contribution in [2.45, 2.75) is 26.9 Å². The van der Waals surface area contributed by atoms with Crippen LogP contribution in [0.2, 0.25) is 0 Å². The predicted octanol–water partition coefficient (Wildman–Crippen LogP) is 1.49. The fraction of sp³-hybridized carbons (Fsp3) is 0.625. The summed E-state index contributed by atoms with van der Waals surface area (Å²) in [5.74, 6) is 1.00. The normalized spacial score (nSPS) is 18.8. The first-order valence-corrected chi connectivity index (χ1v) is 7.88.